The molecule has 0 aliphatic carbocycles. The molecule has 1 aromatic carbocycles. The maximum atomic E-state index is 12.5. The van der Waals surface area contributed by atoms with Gasteiger partial charge in [-0.05, 0) is 49.5 Å². The SMILES string of the molecule is COc1cc(C(=O)NCC2(C)CCNCC2)ccc1OCc1cscn1.Cl.Cl. The number of nitrogens with zero attached hydrogens (tertiary/aromatic N) is 1. The van der Waals surface area contributed by atoms with E-state index in [4.69, 9.17) is 9.47 Å². The summed E-state index contributed by atoms with van der Waals surface area (Å²) in [5.74, 6) is 1.05. The number of amides is 1. The summed E-state index contributed by atoms with van der Waals surface area (Å²) in [4.78, 5) is 16.7. The molecule has 0 spiro atoms. The van der Waals surface area contributed by atoms with Crippen LogP contribution in [0.25, 0.3) is 0 Å². The van der Waals surface area contributed by atoms with Gasteiger partial charge in [-0.3, -0.25) is 4.79 Å². The van der Waals surface area contributed by atoms with Crippen molar-refractivity contribution in [3.63, 3.8) is 0 Å². The summed E-state index contributed by atoms with van der Waals surface area (Å²) in [6.07, 6.45) is 2.14. The monoisotopic (exact) mass is 447 g/mol. The first-order valence-corrected chi connectivity index (χ1v) is 9.71. The number of halogens is 2. The minimum Gasteiger partial charge on any atom is -0.493 e. The van der Waals surface area contributed by atoms with Gasteiger partial charge in [0.1, 0.15) is 6.61 Å². The van der Waals surface area contributed by atoms with Crippen LogP contribution in [0.15, 0.2) is 29.1 Å². The second-order valence-corrected chi connectivity index (χ2v) is 7.60. The topological polar surface area (TPSA) is 72.5 Å². The van der Waals surface area contributed by atoms with Crippen molar-refractivity contribution in [3.8, 4) is 11.5 Å². The normalized spacial score (nSPS) is 14.9. The molecule has 6 nitrogen and oxygen atoms in total. The van der Waals surface area contributed by atoms with Gasteiger partial charge in [0.25, 0.3) is 5.91 Å². The van der Waals surface area contributed by atoms with Crippen molar-refractivity contribution in [2.24, 2.45) is 5.41 Å². The number of aromatic nitrogens is 1. The number of hydrogen-bond acceptors (Lipinski definition) is 6. The predicted octanol–water partition coefficient (Wildman–Crippen LogP) is 3.69. The van der Waals surface area contributed by atoms with E-state index in [1.807, 2.05) is 5.38 Å². The van der Waals surface area contributed by atoms with Gasteiger partial charge in [0.2, 0.25) is 0 Å². The molecule has 1 fully saturated rings. The molecule has 28 heavy (non-hydrogen) atoms. The summed E-state index contributed by atoms with van der Waals surface area (Å²) in [6, 6.07) is 5.25. The molecule has 2 aromatic rings. The Bertz CT molecular complexity index is 738. The molecule has 1 aromatic heterocycles. The average molecular weight is 448 g/mol. The number of piperidine rings is 1. The maximum Gasteiger partial charge on any atom is 0.251 e. The van der Waals surface area contributed by atoms with E-state index in [9.17, 15) is 4.79 Å². The van der Waals surface area contributed by atoms with Gasteiger partial charge >= 0.3 is 0 Å². The van der Waals surface area contributed by atoms with E-state index in [1.165, 1.54) is 11.3 Å². The summed E-state index contributed by atoms with van der Waals surface area (Å²) >= 11 is 1.53. The van der Waals surface area contributed by atoms with Crippen molar-refractivity contribution in [1.82, 2.24) is 15.6 Å². The van der Waals surface area contributed by atoms with Crippen molar-refractivity contribution in [2.75, 3.05) is 26.7 Å². The lowest BCUT2D eigenvalue weighted by Crippen LogP contribution is -2.42. The third kappa shape index (κ3) is 6.51. The lowest BCUT2D eigenvalue weighted by molar-refractivity contribution is 0.0922. The van der Waals surface area contributed by atoms with Crippen molar-refractivity contribution < 1.29 is 14.3 Å². The van der Waals surface area contributed by atoms with Gasteiger partial charge in [-0.25, -0.2) is 4.98 Å². The van der Waals surface area contributed by atoms with E-state index in [0.29, 0.717) is 30.2 Å². The first kappa shape index (κ1) is 24.5. The summed E-state index contributed by atoms with van der Waals surface area (Å²) in [6.45, 7) is 5.29. The van der Waals surface area contributed by atoms with Crippen LogP contribution in [0.4, 0.5) is 0 Å². The van der Waals surface area contributed by atoms with Crippen LogP contribution >= 0.6 is 36.2 Å². The Morgan fingerprint density at radius 1 is 1.29 bits per heavy atom. The van der Waals surface area contributed by atoms with Crippen LogP contribution < -0.4 is 20.1 Å². The highest BCUT2D eigenvalue weighted by atomic mass is 35.5. The summed E-state index contributed by atoms with van der Waals surface area (Å²) in [5, 5.41) is 8.36. The first-order chi connectivity index (χ1) is 12.6. The Balaban J connectivity index is 0.00000196. The molecular formula is C19H27Cl2N3O3S. The molecule has 3 rings (SSSR count). The lowest BCUT2D eigenvalue weighted by atomic mass is 9.81. The third-order valence-corrected chi connectivity index (χ3v) is 5.41. The van der Waals surface area contributed by atoms with Crippen molar-refractivity contribution in [2.45, 2.75) is 26.4 Å². The number of carbonyl (C=O) groups excluding carboxylic acids is 1. The van der Waals surface area contributed by atoms with E-state index >= 15 is 0 Å². The van der Waals surface area contributed by atoms with Gasteiger partial charge < -0.3 is 20.1 Å². The second kappa shape index (κ2) is 11.5. The fourth-order valence-corrected chi connectivity index (χ4v) is 3.53. The van der Waals surface area contributed by atoms with Gasteiger partial charge in [0.15, 0.2) is 11.5 Å². The zero-order valence-corrected chi connectivity index (χ0v) is 18.5. The largest absolute Gasteiger partial charge is 0.493 e. The van der Waals surface area contributed by atoms with Gasteiger partial charge in [-0.15, -0.1) is 36.2 Å². The highest BCUT2D eigenvalue weighted by molar-refractivity contribution is 7.07. The number of hydrogen-bond donors (Lipinski definition) is 2. The quantitative estimate of drug-likeness (QED) is 0.676. The number of carbonyl (C=O) groups is 1. The minimum absolute atomic E-state index is 0. The number of methoxy groups -OCH3 is 1. The summed E-state index contributed by atoms with van der Waals surface area (Å²) in [7, 11) is 1.57. The number of ether oxygens (including phenoxy) is 2. The molecular weight excluding hydrogens is 421 g/mol. The standard InChI is InChI=1S/C19H25N3O3S.2ClH/c1-19(5-7-20-8-6-19)12-21-18(23)14-3-4-16(17(9-14)24-2)25-10-15-11-26-13-22-15;;/h3-4,9,11,13,20H,5-8,10,12H2,1-2H3,(H,21,23);2*1H. The van der Waals surface area contributed by atoms with E-state index < -0.39 is 0 Å². The molecule has 2 N–H and O–H groups in total. The van der Waals surface area contributed by atoms with Crippen LogP contribution in [-0.4, -0.2) is 37.6 Å². The first-order valence-electron chi connectivity index (χ1n) is 8.76. The second-order valence-electron chi connectivity index (χ2n) is 6.88. The van der Waals surface area contributed by atoms with Crippen LogP contribution in [0.1, 0.15) is 35.8 Å². The molecule has 9 heteroatoms. The van der Waals surface area contributed by atoms with Gasteiger partial charge in [0.05, 0.1) is 18.3 Å². The van der Waals surface area contributed by atoms with Crippen LogP contribution in [-0.2, 0) is 6.61 Å². The maximum absolute atomic E-state index is 12.5. The minimum atomic E-state index is -0.0888. The smallest absolute Gasteiger partial charge is 0.251 e. The Kier molecular flexibility index (Phi) is 10.0. The van der Waals surface area contributed by atoms with E-state index in [1.54, 1.807) is 30.8 Å². The number of nitrogens with one attached hydrogen (secondary N) is 2. The molecule has 0 saturated carbocycles. The fraction of sp³-hybridized carbons (Fsp3) is 0.474. The van der Waals surface area contributed by atoms with Crippen molar-refractivity contribution in [3.05, 3.63) is 40.3 Å². The highest BCUT2D eigenvalue weighted by Crippen LogP contribution is 2.30. The molecule has 2 heterocycles. The van der Waals surface area contributed by atoms with E-state index in [0.717, 1.165) is 31.6 Å². The molecule has 0 radical (unpaired) electrons. The van der Waals surface area contributed by atoms with Crippen LogP contribution in [0.2, 0.25) is 0 Å². The Morgan fingerprint density at radius 3 is 2.68 bits per heavy atom. The summed E-state index contributed by atoms with van der Waals surface area (Å²) < 4.78 is 11.1. The fourth-order valence-electron chi connectivity index (χ4n) is 2.99. The number of benzene rings is 1. The molecule has 0 bridgehead atoms. The van der Waals surface area contributed by atoms with E-state index in [2.05, 4.69) is 22.5 Å². The lowest BCUT2D eigenvalue weighted by Gasteiger charge is -2.34. The molecule has 1 amide bonds. The molecule has 1 aliphatic rings. The molecule has 0 atom stereocenters. The number of rotatable bonds is 7. The zero-order valence-electron chi connectivity index (χ0n) is 16.0. The summed E-state index contributed by atoms with van der Waals surface area (Å²) in [5.41, 5.74) is 3.36. The van der Waals surface area contributed by atoms with Gasteiger partial charge in [-0.1, -0.05) is 6.92 Å². The van der Waals surface area contributed by atoms with Crippen molar-refractivity contribution >= 4 is 42.1 Å². The van der Waals surface area contributed by atoms with Crippen LogP contribution in [0, 0.1) is 5.41 Å². The van der Waals surface area contributed by atoms with Gasteiger partial charge in [0, 0.05) is 17.5 Å². The molecule has 1 aliphatic heterocycles. The predicted molar refractivity (Wildman–Crippen MR) is 116 cm³/mol. The third-order valence-electron chi connectivity index (χ3n) is 4.77. The van der Waals surface area contributed by atoms with Crippen molar-refractivity contribution in [1.29, 1.82) is 0 Å². The molecule has 0 unspecified atom stereocenters. The van der Waals surface area contributed by atoms with Crippen LogP contribution in [0.5, 0.6) is 11.5 Å². The average Bonchev–Trinajstić information content (AvgIpc) is 3.18. The number of thiazole rings is 1. The van der Waals surface area contributed by atoms with Gasteiger partial charge in [-0.2, -0.15) is 0 Å². The molecule has 1 saturated heterocycles. The Morgan fingerprint density at radius 2 is 2.04 bits per heavy atom. The van der Waals surface area contributed by atoms with E-state index in [-0.39, 0.29) is 36.1 Å². The van der Waals surface area contributed by atoms with Crippen LogP contribution in [0.3, 0.4) is 0 Å². The Labute approximate surface area is 182 Å². The Hall–Kier alpha value is -1.54. The molecule has 156 valence electrons. The zero-order chi connectivity index (χ0) is 18.4. The highest BCUT2D eigenvalue weighted by Gasteiger charge is 2.27.